The zero-order valence-corrected chi connectivity index (χ0v) is 15.3. The monoisotopic (exact) mass is 346 g/mol. The molecule has 1 aliphatic carbocycles. The Morgan fingerprint density at radius 1 is 1.04 bits per heavy atom. The van der Waals surface area contributed by atoms with E-state index in [0.29, 0.717) is 6.04 Å². The number of rotatable bonds is 3. The van der Waals surface area contributed by atoms with E-state index < -0.39 is 0 Å². The van der Waals surface area contributed by atoms with Gasteiger partial charge in [0.05, 0.1) is 13.2 Å². The Bertz CT molecular complexity index is 571. The van der Waals surface area contributed by atoms with E-state index in [0.717, 1.165) is 56.6 Å². The number of anilines is 2. The zero-order chi connectivity index (χ0) is 17.1. The molecule has 0 atom stereocenters. The van der Waals surface area contributed by atoms with Gasteiger partial charge in [-0.25, -0.2) is 9.97 Å². The van der Waals surface area contributed by atoms with Gasteiger partial charge in [-0.2, -0.15) is 0 Å². The van der Waals surface area contributed by atoms with E-state index >= 15 is 0 Å². The van der Waals surface area contributed by atoms with Crippen molar-refractivity contribution in [1.29, 1.82) is 0 Å². The molecule has 3 aliphatic rings. The third-order valence-electron chi connectivity index (χ3n) is 5.69. The summed E-state index contributed by atoms with van der Waals surface area (Å²) in [6.07, 6.45) is 9.69. The fraction of sp³-hybridized carbons (Fsp3) is 0.789. The maximum Gasteiger partial charge on any atom is 0.171 e. The number of nitrogens with one attached hydrogen (secondary N) is 1. The van der Waals surface area contributed by atoms with Gasteiger partial charge in [-0.15, -0.1) is 0 Å². The lowest BCUT2D eigenvalue weighted by Gasteiger charge is -2.38. The van der Waals surface area contributed by atoms with Gasteiger partial charge in [0, 0.05) is 38.0 Å². The lowest BCUT2D eigenvalue weighted by Crippen LogP contribution is -2.45. The minimum atomic E-state index is -0.333. The summed E-state index contributed by atoms with van der Waals surface area (Å²) in [7, 11) is 0. The number of hydrogen-bond donors (Lipinski definition) is 1. The van der Waals surface area contributed by atoms with Gasteiger partial charge in [0.2, 0.25) is 0 Å². The molecular formula is C19H30N4O2. The number of piperidine rings is 1. The predicted molar refractivity (Wildman–Crippen MR) is 98.0 cm³/mol. The van der Waals surface area contributed by atoms with Crippen molar-refractivity contribution in [3.05, 3.63) is 11.9 Å². The Morgan fingerprint density at radius 3 is 2.40 bits per heavy atom. The van der Waals surface area contributed by atoms with E-state index in [4.69, 9.17) is 9.47 Å². The first-order valence-electron chi connectivity index (χ1n) is 9.88. The van der Waals surface area contributed by atoms with Gasteiger partial charge in [-0.3, -0.25) is 0 Å². The topological polar surface area (TPSA) is 59.5 Å². The van der Waals surface area contributed by atoms with Crippen LogP contribution in [0.25, 0.3) is 0 Å². The molecule has 2 saturated heterocycles. The minimum absolute atomic E-state index is 0.333. The highest BCUT2D eigenvalue weighted by atomic mass is 16.7. The average Bonchev–Trinajstić information content (AvgIpc) is 2.90. The van der Waals surface area contributed by atoms with Gasteiger partial charge in [0.15, 0.2) is 5.79 Å². The zero-order valence-electron chi connectivity index (χ0n) is 15.3. The number of ether oxygens (including phenoxy) is 2. The normalized spacial score (nSPS) is 24.4. The van der Waals surface area contributed by atoms with Crippen LogP contribution in [0.5, 0.6) is 0 Å². The molecule has 3 heterocycles. The van der Waals surface area contributed by atoms with Crippen LogP contribution in [-0.4, -0.2) is 48.1 Å². The highest BCUT2D eigenvalue weighted by molar-refractivity contribution is 5.50. The van der Waals surface area contributed by atoms with E-state index in [1.54, 1.807) is 0 Å². The molecular weight excluding hydrogens is 316 g/mol. The first kappa shape index (κ1) is 17.0. The van der Waals surface area contributed by atoms with Crippen LogP contribution in [-0.2, 0) is 9.47 Å². The van der Waals surface area contributed by atoms with Crippen LogP contribution in [0.4, 0.5) is 11.6 Å². The summed E-state index contributed by atoms with van der Waals surface area (Å²) in [5.41, 5.74) is 0. The molecule has 6 heteroatoms. The van der Waals surface area contributed by atoms with Crippen molar-refractivity contribution in [3.63, 3.8) is 0 Å². The highest BCUT2D eigenvalue weighted by Crippen LogP contribution is 2.33. The number of aryl methyl sites for hydroxylation is 1. The molecule has 0 unspecified atom stereocenters. The number of nitrogens with zero attached hydrogens (tertiary/aromatic N) is 3. The molecule has 0 radical (unpaired) electrons. The van der Waals surface area contributed by atoms with Gasteiger partial charge in [0.25, 0.3) is 0 Å². The molecule has 25 heavy (non-hydrogen) atoms. The van der Waals surface area contributed by atoms with Crippen molar-refractivity contribution in [2.75, 3.05) is 36.5 Å². The van der Waals surface area contributed by atoms with Crippen molar-refractivity contribution >= 4 is 11.6 Å². The highest BCUT2D eigenvalue weighted by Gasteiger charge is 2.40. The maximum atomic E-state index is 5.83. The average molecular weight is 346 g/mol. The minimum Gasteiger partial charge on any atom is -0.367 e. The Balaban J connectivity index is 1.42. The maximum absolute atomic E-state index is 5.83. The fourth-order valence-corrected chi connectivity index (χ4v) is 4.28. The second-order valence-electron chi connectivity index (χ2n) is 7.59. The molecule has 0 bridgehead atoms. The molecule has 1 aromatic rings. The van der Waals surface area contributed by atoms with E-state index in [2.05, 4.69) is 26.3 Å². The molecule has 3 fully saturated rings. The molecule has 6 nitrogen and oxygen atoms in total. The summed E-state index contributed by atoms with van der Waals surface area (Å²) in [5.74, 6) is 2.50. The molecule has 0 aromatic carbocycles. The number of aromatic nitrogens is 2. The summed E-state index contributed by atoms with van der Waals surface area (Å²) >= 11 is 0. The molecule has 4 rings (SSSR count). The smallest absolute Gasteiger partial charge is 0.171 e. The Morgan fingerprint density at radius 2 is 1.72 bits per heavy atom. The summed E-state index contributed by atoms with van der Waals surface area (Å²) in [4.78, 5) is 11.6. The molecule has 1 N–H and O–H groups in total. The molecule has 1 saturated carbocycles. The first-order valence-corrected chi connectivity index (χ1v) is 9.88. The van der Waals surface area contributed by atoms with Crippen LogP contribution in [0, 0.1) is 6.92 Å². The van der Waals surface area contributed by atoms with E-state index in [1.165, 1.54) is 38.5 Å². The Kier molecular flexibility index (Phi) is 5.08. The van der Waals surface area contributed by atoms with E-state index in [9.17, 15) is 0 Å². The molecule has 138 valence electrons. The third kappa shape index (κ3) is 4.06. The second-order valence-corrected chi connectivity index (χ2v) is 7.59. The predicted octanol–water partition coefficient (Wildman–Crippen LogP) is 3.26. The molecule has 1 aromatic heterocycles. The van der Waals surface area contributed by atoms with Crippen molar-refractivity contribution in [2.45, 2.75) is 70.1 Å². The van der Waals surface area contributed by atoms with Gasteiger partial charge < -0.3 is 19.7 Å². The van der Waals surface area contributed by atoms with Crippen molar-refractivity contribution in [3.8, 4) is 0 Å². The van der Waals surface area contributed by atoms with Gasteiger partial charge in [-0.1, -0.05) is 25.7 Å². The first-order chi connectivity index (χ1) is 12.2. The van der Waals surface area contributed by atoms with E-state index in [-0.39, 0.29) is 5.79 Å². The van der Waals surface area contributed by atoms with Gasteiger partial charge >= 0.3 is 0 Å². The van der Waals surface area contributed by atoms with Crippen molar-refractivity contribution in [1.82, 2.24) is 9.97 Å². The lowest BCUT2D eigenvalue weighted by molar-refractivity contribution is -0.169. The summed E-state index contributed by atoms with van der Waals surface area (Å²) in [6.45, 7) is 5.26. The van der Waals surface area contributed by atoms with Crippen LogP contribution in [0.2, 0.25) is 0 Å². The summed E-state index contributed by atoms with van der Waals surface area (Å²) in [5, 5.41) is 3.66. The number of hydrogen-bond acceptors (Lipinski definition) is 6. The largest absolute Gasteiger partial charge is 0.367 e. The van der Waals surface area contributed by atoms with Gasteiger partial charge in [0.1, 0.15) is 17.5 Å². The summed E-state index contributed by atoms with van der Waals surface area (Å²) < 4.78 is 11.7. The molecule has 1 spiro atoms. The molecule has 2 aliphatic heterocycles. The van der Waals surface area contributed by atoms with Crippen LogP contribution >= 0.6 is 0 Å². The summed E-state index contributed by atoms with van der Waals surface area (Å²) in [6, 6.07) is 2.67. The standard InChI is InChI=1S/C19H30N4O2/c1-15-20-17(22-16-6-4-2-3-5-7-16)14-18(21-15)23-10-8-19(9-11-23)24-12-13-25-19/h14,16H,2-13H2,1H3,(H,20,21,22). The van der Waals surface area contributed by atoms with Crippen LogP contribution < -0.4 is 10.2 Å². The van der Waals surface area contributed by atoms with Gasteiger partial charge in [-0.05, 0) is 19.8 Å². The second kappa shape index (κ2) is 7.46. The quantitative estimate of drug-likeness (QED) is 0.848. The van der Waals surface area contributed by atoms with Crippen molar-refractivity contribution < 1.29 is 9.47 Å². The Labute approximate surface area is 150 Å². The third-order valence-corrected chi connectivity index (χ3v) is 5.69. The van der Waals surface area contributed by atoms with Crippen LogP contribution in [0.15, 0.2) is 6.07 Å². The lowest BCUT2D eigenvalue weighted by atomic mass is 10.0. The van der Waals surface area contributed by atoms with Crippen molar-refractivity contribution in [2.24, 2.45) is 0 Å². The van der Waals surface area contributed by atoms with Crippen LogP contribution in [0.3, 0.4) is 0 Å². The Hall–Kier alpha value is -1.40. The fourth-order valence-electron chi connectivity index (χ4n) is 4.28. The SMILES string of the molecule is Cc1nc(NC2CCCCCC2)cc(N2CCC3(CC2)OCCO3)n1. The van der Waals surface area contributed by atoms with E-state index in [1.807, 2.05) is 6.92 Å². The molecule has 0 amide bonds. The van der Waals surface area contributed by atoms with Crippen LogP contribution in [0.1, 0.15) is 57.2 Å².